The molecule has 6 nitrogen and oxygen atoms in total. The van der Waals surface area contributed by atoms with E-state index in [9.17, 15) is 14.4 Å². The number of carbonyl (C=O) groups is 3. The van der Waals surface area contributed by atoms with Gasteiger partial charge in [0.2, 0.25) is 0 Å². The van der Waals surface area contributed by atoms with Gasteiger partial charge in [-0.05, 0) is 41.3 Å². The number of ether oxygens (including phenoxy) is 1. The Labute approximate surface area is 166 Å². The number of amides is 2. The summed E-state index contributed by atoms with van der Waals surface area (Å²) in [7, 11) is 0. The molecule has 0 aliphatic carbocycles. The minimum atomic E-state index is -0.673. The molecule has 0 bridgehead atoms. The van der Waals surface area contributed by atoms with Crippen molar-refractivity contribution in [2.24, 2.45) is 0 Å². The molecular formula is C21H20N2O4S. The maximum absolute atomic E-state index is 12.2. The van der Waals surface area contributed by atoms with Gasteiger partial charge < -0.3 is 15.4 Å². The zero-order chi connectivity index (χ0) is 19.9. The van der Waals surface area contributed by atoms with Crippen LogP contribution in [-0.2, 0) is 14.3 Å². The summed E-state index contributed by atoms with van der Waals surface area (Å²) in [5.41, 5.74) is 0.453. The van der Waals surface area contributed by atoms with Crippen LogP contribution in [0.5, 0.6) is 0 Å². The number of nitrogens with one attached hydrogen (secondary N) is 2. The molecule has 28 heavy (non-hydrogen) atoms. The van der Waals surface area contributed by atoms with Crippen LogP contribution in [0.2, 0.25) is 0 Å². The van der Waals surface area contributed by atoms with Gasteiger partial charge in [0.15, 0.2) is 6.61 Å². The third kappa shape index (κ3) is 5.17. The minimum absolute atomic E-state index is 0.154. The maximum atomic E-state index is 12.2. The Morgan fingerprint density at radius 2 is 1.82 bits per heavy atom. The summed E-state index contributed by atoms with van der Waals surface area (Å²) in [4.78, 5) is 36.9. The molecule has 0 saturated heterocycles. The summed E-state index contributed by atoms with van der Waals surface area (Å²) in [5, 5.41) is 9.15. The van der Waals surface area contributed by atoms with Crippen LogP contribution < -0.4 is 10.6 Å². The SMILES string of the molecule is C[C@@H](NC(=O)COC(=O)CNC(=O)c1ccc2ccccc2c1)c1cccs1. The standard InChI is InChI=1S/C21H20N2O4S/c1-14(18-7-4-10-28-18)23-19(24)13-27-20(25)12-22-21(26)17-9-8-15-5-2-3-6-16(15)11-17/h2-11,14H,12-13H2,1H3,(H,22,26)(H,23,24)/t14-/m1/s1. The molecule has 0 aliphatic rings. The topological polar surface area (TPSA) is 84.5 Å². The molecule has 3 rings (SSSR count). The van der Waals surface area contributed by atoms with E-state index in [1.807, 2.05) is 54.8 Å². The van der Waals surface area contributed by atoms with Gasteiger partial charge in [-0.1, -0.05) is 36.4 Å². The van der Waals surface area contributed by atoms with Crippen LogP contribution in [0.3, 0.4) is 0 Å². The van der Waals surface area contributed by atoms with Crippen molar-refractivity contribution >= 4 is 39.9 Å². The molecule has 1 heterocycles. The average Bonchev–Trinajstić information content (AvgIpc) is 3.25. The van der Waals surface area contributed by atoms with Crippen molar-refractivity contribution in [3.05, 3.63) is 70.4 Å². The lowest BCUT2D eigenvalue weighted by Gasteiger charge is -2.12. The van der Waals surface area contributed by atoms with Crippen molar-refractivity contribution in [1.82, 2.24) is 10.6 Å². The second kappa shape index (κ2) is 9.14. The summed E-state index contributed by atoms with van der Waals surface area (Å²) in [6.45, 7) is 1.16. The van der Waals surface area contributed by atoms with E-state index in [0.29, 0.717) is 5.56 Å². The van der Waals surface area contributed by atoms with Gasteiger partial charge in [0.25, 0.3) is 11.8 Å². The number of rotatable bonds is 7. The molecule has 7 heteroatoms. The molecule has 0 fully saturated rings. The molecule has 0 spiro atoms. The van der Waals surface area contributed by atoms with E-state index in [4.69, 9.17) is 4.74 Å². The number of benzene rings is 2. The fraction of sp³-hybridized carbons (Fsp3) is 0.190. The third-order valence-corrected chi connectivity index (χ3v) is 5.17. The minimum Gasteiger partial charge on any atom is -0.454 e. The third-order valence-electron chi connectivity index (χ3n) is 4.12. The highest BCUT2D eigenvalue weighted by Crippen LogP contribution is 2.18. The van der Waals surface area contributed by atoms with Crippen LogP contribution in [0.15, 0.2) is 60.0 Å². The molecule has 144 valence electrons. The molecule has 2 N–H and O–H groups in total. The highest BCUT2D eigenvalue weighted by atomic mass is 32.1. The van der Waals surface area contributed by atoms with Crippen molar-refractivity contribution in [1.29, 1.82) is 0 Å². The Morgan fingerprint density at radius 1 is 1.04 bits per heavy atom. The lowest BCUT2D eigenvalue weighted by Crippen LogP contribution is -2.34. The van der Waals surface area contributed by atoms with Crippen LogP contribution in [0, 0.1) is 0 Å². The first-order valence-corrected chi connectivity index (χ1v) is 9.66. The fourth-order valence-electron chi connectivity index (χ4n) is 2.67. The van der Waals surface area contributed by atoms with Gasteiger partial charge in [-0.2, -0.15) is 0 Å². The molecule has 3 aromatic rings. The first-order chi connectivity index (χ1) is 13.5. The van der Waals surface area contributed by atoms with Gasteiger partial charge in [-0.3, -0.25) is 14.4 Å². The van der Waals surface area contributed by atoms with Crippen LogP contribution >= 0.6 is 11.3 Å². The zero-order valence-electron chi connectivity index (χ0n) is 15.3. The first kappa shape index (κ1) is 19.6. The van der Waals surface area contributed by atoms with Crippen molar-refractivity contribution in [3.8, 4) is 0 Å². The summed E-state index contributed by atoms with van der Waals surface area (Å²) in [6.07, 6.45) is 0. The van der Waals surface area contributed by atoms with E-state index in [2.05, 4.69) is 10.6 Å². The largest absolute Gasteiger partial charge is 0.454 e. The van der Waals surface area contributed by atoms with Crippen molar-refractivity contribution < 1.29 is 19.1 Å². The molecule has 2 aromatic carbocycles. The quantitative estimate of drug-likeness (QED) is 0.601. The molecule has 0 radical (unpaired) electrons. The highest BCUT2D eigenvalue weighted by molar-refractivity contribution is 7.10. The number of carbonyl (C=O) groups excluding carboxylic acids is 3. The Hall–Kier alpha value is -3.19. The summed E-state index contributed by atoms with van der Waals surface area (Å²) in [6, 6.07) is 16.7. The Balaban J connectivity index is 1.43. The lowest BCUT2D eigenvalue weighted by atomic mass is 10.1. The predicted molar refractivity (Wildman–Crippen MR) is 108 cm³/mol. The Morgan fingerprint density at radius 3 is 2.57 bits per heavy atom. The van der Waals surface area contributed by atoms with E-state index in [1.54, 1.807) is 12.1 Å². The van der Waals surface area contributed by atoms with Crippen LogP contribution in [0.1, 0.15) is 28.2 Å². The average molecular weight is 396 g/mol. The normalized spacial score (nSPS) is 11.6. The molecular weight excluding hydrogens is 376 g/mol. The van der Waals surface area contributed by atoms with Crippen molar-refractivity contribution in [2.75, 3.05) is 13.2 Å². The van der Waals surface area contributed by atoms with Gasteiger partial charge in [0.1, 0.15) is 6.54 Å². The maximum Gasteiger partial charge on any atom is 0.325 e. The number of thiophene rings is 1. The van der Waals surface area contributed by atoms with Crippen molar-refractivity contribution in [2.45, 2.75) is 13.0 Å². The molecule has 1 atom stereocenters. The van der Waals surface area contributed by atoms with Crippen molar-refractivity contribution in [3.63, 3.8) is 0 Å². The number of esters is 1. The van der Waals surface area contributed by atoms with E-state index in [1.165, 1.54) is 11.3 Å². The Bertz CT molecular complexity index is 985. The Kier molecular flexibility index (Phi) is 6.39. The van der Waals surface area contributed by atoms with Gasteiger partial charge in [-0.25, -0.2) is 0 Å². The predicted octanol–water partition coefficient (Wildman–Crippen LogP) is 3.05. The van der Waals surface area contributed by atoms with Gasteiger partial charge >= 0.3 is 5.97 Å². The number of hydrogen-bond acceptors (Lipinski definition) is 5. The second-order valence-corrected chi connectivity index (χ2v) is 7.19. The first-order valence-electron chi connectivity index (χ1n) is 8.78. The van der Waals surface area contributed by atoms with Gasteiger partial charge in [0, 0.05) is 10.4 Å². The highest BCUT2D eigenvalue weighted by Gasteiger charge is 2.14. The van der Waals surface area contributed by atoms with Gasteiger partial charge in [0.05, 0.1) is 6.04 Å². The number of hydrogen-bond donors (Lipinski definition) is 2. The van der Waals surface area contributed by atoms with E-state index in [-0.39, 0.29) is 25.1 Å². The molecule has 0 unspecified atom stereocenters. The van der Waals surface area contributed by atoms with Crippen LogP contribution in [0.4, 0.5) is 0 Å². The van der Waals surface area contributed by atoms with Gasteiger partial charge in [-0.15, -0.1) is 11.3 Å². The van der Waals surface area contributed by atoms with E-state index >= 15 is 0 Å². The molecule has 1 aromatic heterocycles. The van der Waals surface area contributed by atoms with Crippen LogP contribution in [-0.4, -0.2) is 30.9 Å². The smallest absolute Gasteiger partial charge is 0.325 e. The van der Waals surface area contributed by atoms with E-state index < -0.39 is 11.9 Å². The lowest BCUT2D eigenvalue weighted by molar-refractivity contribution is -0.147. The zero-order valence-corrected chi connectivity index (χ0v) is 16.1. The fourth-order valence-corrected chi connectivity index (χ4v) is 3.41. The van der Waals surface area contributed by atoms with Crippen LogP contribution in [0.25, 0.3) is 10.8 Å². The summed E-state index contributed by atoms with van der Waals surface area (Å²) < 4.78 is 4.92. The molecule has 2 amide bonds. The molecule has 0 saturated carbocycles. The molecule has 0 aliphatic heterocycles. The summed E-state index contributed by atoms with van der Waals surface area (Å²) >= 11 is 1.54. The number of fused-ring (bicyclic) bond motifs is 1. The van der Waals surface area contributed by atoms with E-state index in [0.717, 1.165) is 15.6 Å². The summed E-state index contributed by atoms with van der Waals surface area (Å²) in [5.74, 6) is -1.44. The second-order valence-electron chi connectivity index (χ2n) is 6.21. The monoisotopic (exact) mass is 396 g/mol.